The molecule has 1 aliphatic carbocycles. The largest absolute Gasteiger partial charge is 0.353 e. The molecule has 2 fully saturated rings. The summed E-state index contributed by atoms with van der Waals surface area (Å²) >= 11 is 0. The lowest BCUT2D eigenvalue weighted by molar-refractivity contribution is -0.122. The molecular weight excluding hydrogens is 379 g/mol. The molecular formula is C24H33FN4O. The molecule has 4 rings (SSSR count). The smallest absolute Gasteiger partial charge is 0.220 e. The summed E-state index contributed by atoms with van der Waals surface area (Å²) in [5.74, 6) is 0.0874. The highest BCUT2D eigenvalue weighted by Crippen LogP contribution is 2.43. The lowest BCUT2D eigenvalue weighted by atomic mass is 9.77. The molecule has 2 heterocycles. The molecule has 1 aliphatic heterocycles. The van der Waals surface area contributed by atoms with E-state index in [2.05, 4.69) is 15.2 Å². The molecule has 1 aromatic carbocycles. The Morgan fingerprint density at radius 1 is 1.20 bits per heavy atom. The predicted octanol–water partition coefficient (Wildman–Crippen LogP) is 3.90. The Balaban J connectivity index is 1.24. The van der Waals surface area contributed by atoms with E-state index in [4.69, 9.17) is 0 Å². The quantitative estimate of drug-likeness (QED) is 0.716. The van der Waals surface area contributed by atoms with Crippen molar-refractivity contribution in [1.29, 1.82) is 0 Å². The molecule has 1 amide bonds. The Labute approximate surface area is 178 Å². The Hall–Kier alpha value is -2.21. The minimum atomic E-state index is -0.0581. The molecule has 2 aromatic rings. The van der Waals surface area contributed by atoms with E-state index in [9.17, 15) is 9.18 Å². The number of rotatable bonds is 8. The lowest BCUT2D eigenvalue weighted by Gasteiger charge is -2.39. The third kappa shape index (κ3) is 5.09. The predicted molar refractivity (Wildman–Crippen MR) is 116 cm³/mol. The van der Waals surface area contributed by atoms with Crippen LogP contribution in [-0.2, 0) is 16.8 Å². The lowest BCUT2D eigenvalue weighted by Crippen LogP contribution is -2.48. The van der Waals surface area contributed by atoms with Gasteiger partial charge in [-0.15, -0.1) is 0 Å². The van der Waals surface area contributed by atoms with Crippen LogP contribution < -0.4 is 5.32 Å². The fraction of sp³-hybridized carbons (Fsp3) is 0.583. The van der Waals surface area contributed by atoms with Crippen LogP contribution in [0.25, 0.3) is 0 Å². The number of nitrogens with one attached hydrogen (secondary N) is 1. The number of benzene rings is 1. The Morgan fingerprint density at radius 2 is 1.97 bits per heavy atom. The van der Waals surface area contributed by atoms with Crippen LogP contribution in [0.1, 0.15) is 56.9 Å². The molecule has 162 valence electrons. The minimum Gasteiger partial charge on any atom is -0.353 e. The maximum atomic E-state index is 14.6. The van der Waals surface area contributed by atoms with E-state index in [1.807, 2.05) is 22.9 Å². The van der Waals surface area contributed by atoms with Gasteiger partial charge in [-0.05, 0) is 43.7 Å². The number of aryl methyl sites for hydroxylation is 1. The Morgan fingerprint density at radius 3 is 2.67 bits per heavy atom. The van der Waals surface area contributed by atoms with Crippen LogP contribution in [0.15, 0.2) is 43.0 Å². The van der Waals surface area contributed by atoms with Crippen molar-refractivity contribution in [3.63, 3.8) is 0 Å². The Kier molecular flexibility index (Phi) is 6.82. The topological polar surface area (TPSA) is 50.2 Å². The second-order valence-electron chi connectivity index (χ2n) is 8.99. The monoisotopic (exact) mass is 412 g/mol. The van der Waals surface area contributed by atoms with Gasteiger partial charge in [0.15, 0.2) is 0 Å². The first kappa shape index (κ1) is 21.0. The molecule has 1 saturated heterocycles. The van der Waals surface area contributed by atoms with Crippen LogP contribution in [0, 0.1) is 5.82 Å². The van der Waals surface area contributed by atoms with Gasteiger partial charge >= 0.3 is 0 Å². The normalized spacial score (nSPS) is 19.8. The summed E-state index contributed by atoms with van der Waals surface area (Å²) < 4.78 is 16.6. The van der Waals surface area contributed by atoms with E-state index in [1.165, 1.54) is 12.8 Å². The fourth-order valence-electron chi connectivity index (χ4n) is 5.26. The van der Waals surface area contributed by atoms with Crippen molar-refractivity contribution >= 4 is 5.91 Å². The van der Waals surface area contributed by atoms with Crippen LogP contribution in [0.2, 0.25) is 0 Å². The van der Waals surface area contributed by atoms with Crippen molar-refractivity contribution in [3.8, 4) is 0 Å². The molecule has 0 atom stereocenters. The summed E-state index contributed by atoms with van der Waals surface area (Å²) in [6.45, 7) is 3.69. The van der Waals surface area contributed by atoms with Crippen molar-refractivity contribution in [2.75, 3.05) is 19.6 Å². The van der Waals surface area contributed by atoms with Crippen molar-refractivity contribution in [1.82, 2.24) is 19.8 Å². The molecule has 6 heteroatoms. The number of nitrogens with zero attached hydrogens (tertiary/aromatic N) is 3. The number of amides is 1. The molecule has 0 radical (unpaired) electrons. The number of likely N-dealkylation sites (tertiary alicyclic amines) is 1. The van der Waals surface area contributed by atoms with Crippen molar-refractivity contribution in [2.24, 2.45) is 0 Å². The van der Waals surface area contributed by atoms with E-state index in [1.54, 1.807) is 24.7 Å². The van der Waals surface area contributed by atoms with E-state index >= 15 is 0 Å². The molecule has 1 N–H and O–H groups in total. The summed E-state index contributed by atoms with van der Waals surface area (Å²) in [7, 11) is 0. The maximum absolute atomic E-state index is 14.6. The summed E-state index contributed by atoms with van der Waals surface area (Å²) in [6.07, 6.45) is 13.3. The van der Waals surface area contributed by atoms with E-state index in [0.717, 1.165) is 63.8 Å². The number of piperidine rings is 1. The van der Waals surface area contributed by atoms with Gasteiger partial charge in [0.05, 0.1) is 6.33 Å². The third-order valence-corrected chi connectivity index (χ3v) is 6.86. The number of carbonyl (C=O) groups excluding carboxylic acids is 1. The van der Waals surface area contributed by atoms with E-state index in [0.29, 0.717) is 6.42 Å². The Bertz CT molecular complexity index is 808. The molecule has 5 nitrogen and oxygen atoms in total. The van der Waals surface area contributed by atoms with Crippen LogP contribution in [0.3, 0.4) is 0 Å². The highest BCUT2D eigenvalue weighted by atomic mass is 19.1. The average Bonchev–Trinajstić information content (AvgIpc) is 3.43. The molecule has 0 unspecified atom stereocenters. The first-order valence-electron chi connectivity index (χ1n) is 11.4. The summed E-state index contributed by atoms with van der Waals surface area (Å²) in [4.78, 5) is 18.8. The number of hydrogen-bond donors (Lipinski definition) is 1. The molecule has 30 heavy (non-hydrogen) atoms. The van der Waals surface area contributed by atoms with E-state index in [-0.39, 0.29) is 23.2 Å². The molecule has 2 aliphatic rings. The van der Waals surface area contributed by atoms with Crippen molar-refractivity contribution < 1.29 is 9.18 Å². The van der Waals surface area contributed by atoms with Gasteiger partial charge in [0.2, 0.25) is 5.91 Å². The average molecular weight is 413 g/mol. The van der Waals surface area contributed by atoms with Gasteiger partial charge < -0.3 is 14.8 Å². The van der Waals surface area contributed by atoms with Gasteiger partial charge in [0, 0.05) is 56.5 Å². The zero-order chi connectivity index (χ0) is 20.8. The first-order chi connectivity index (χ1) is 14.6. The zero-order valence-corrected chi connectivity index (χ0v) is 17.7. The van der Waals surface area contributed by atoms with Gasteiger partial charge in [-0.1, -0.05) is 31.0 Å². The third-order valence-electron chi connectivity index (χ3n) is 6.86. The molecule has 1 aromatic heterocycles. The maximum Gasteiger partial charge on any atom is 0.220 e. The van der Waals surface area contributed by atoms with Crippen LogP contribution in [0.5, 0.6) is 0 Å². The molecule has 0 bridgehead atoms. The number of aromatic nitrogens is 2. The number of imidazole rings is 1. The zero-order valence-electron chi connectivity index (χ0n) is 17.7. The first-order valence-corrected chi connectivity index (χ1v) is 11.4. The summed E-state index contributed by atoms with van der Waals surface area (Å²) in [5.41, 5.74) is 0.852. The van der Waals surface area contributed by atoms with Crippen LogP contribution in [-0.4, -0.2) is 46.0 Å². The van der Waals surface area contributed by atoms with Crippen LogP contribution in [0.4, 0.5) is 4.39 Å². The van der Waals surface area contributed by atoms with E-state index < -0.39 is 0 Å². The van der Waals surface area contributed by atoms with Gasteiger partial charge in [0.25, 0.3) is 0 Å². The second-order valence-corrected chi connectivity index (χ2v) is 8.99. The molecule has 0 spiro atoms. The second kappa shape index (κ2) is 9.73. The highest BCUT2D eigenvalue weighted by Gasteiger charge is 2.39. The summed E-state index contributed by atoms with van der Waals surface area (Å²) in [6, 6.07) is 7.59. The van der Waals surface area contributed by atoms with Crippen LogP contribution >= 0.6 is 0 Å². The molecule has 1 saturated carbocycles. The van der Waals surface area contributed by atoms with Crippen molar-refractivity contribution in [3.05, 3.63) is 54.4 Å². The SMILES string of the molecule is O=C(CCCn1ccnc1)NC1CCN(CC2(c3ccccc3F)CCCC2)CC1. The fourth-order valence-corrected chi connectivity index (χ4v) is 5.26. The highest BCUT2D eigenvalue weighted by molar-refractivity contribution is 5.76. The van der Waals surface area contributed by atoms with Gasteiger partial charge in [0.1, 0.15) is 5.82 Å². The number of halogens is 1. The number of carbonyl (C=O) groups is 1. The van der Waals surface area contributed by atoms with Gasteiger partial charge in [-0.3, -0.25) is 4.79 Å². The standard InChI is InChI=1S/C24H33FN4O/c25-22-7-2-1-6-21(22)24(11-3-4-12-24)18-28-15-9-20(10-16-28)27-23(30)8-5-14-29-17-13-26-19-29/h1-2,6-7,13,17,19-20H,3-5,8-12,14-16,18H2,(H,27,30). The van der Waals surface area contributed by atoms with Gasteiger partial charge in [-0.25, -0.2) is 9.37 Å². The number of hydrogen-bond acceptors (Lipinski definition) is 3. The minimum absolute atomic E-state index is 0.0469. The summed E-state index contributed by atoms with van der Waals surface area (Å²) in [5, 5.41) is 3.21. The van der Waals surface area contributed by atoms with Gasteiger partial charge in [-0.2, -0.15) is 0 Å². The van der Waals surface area contributed by atoms with Crippen molar-refractivity contribution in [2.45, 2.75) is 69.4 Å².